The smallest absolute Gasteiger partial charge is 0.251 e. The van der Waals surface area contributed by atoms with Crippen molar-refractivity contribution in [3.05, 3.63) is 64.2 Å². The number of hydrogen-bond donors (Lipinski definition) is 1. The molecule has 162 valence electrons. The summed E-state index contributed by atoms with van der Waals surface area (Å²) in [6, 6.07) is 12.0. The van der Waals surface area contributed by atoms with Crippen molar-refractivity contribution in [1.82, 2.24) is 15.1 Å². The Morgan fingerprint density at radius 3 is 2.77 bits per heavy atom. The van der Waals surface area contributed by atoms with Crippen LogP contribution in [0.25, 0.3) is 0 Å². The first-order chi connectivity index (χ1) is 15.0. The van der Waals surface area contributed by atoms with E-state index in [1.54, 1.807) is 34.1 Å². The van der Waals surface area contributed by atoms with Gasteiger partial charge in [0, 0.05) is 35.8 Å². The SMILES string of the molecule is COc1ccc(C(=O)NCc2ccccc2Cl)cc1CN1CC(=O)N2CCC[C@@H]2C1=O. The molecule has 0 unspecified atom stereocenters. The number of nitrogens with one attached hydrogen (secondary N) is 1. The maximum atomic E-state index is 12.9. The second-order valence-electron chi connectivity index (χ2n) is 7.74. The van der Waals surface area contributed by atoms with Crippen LogP contribution in [0.15, 0.2) is 42.5 Å². The zero-order valence-electron chi connectivity index (χ0n) is 17.3. The van der Waals surface area contributed by atoms with E-state index >= 15 is 0 Å². The summed E-state index contributed by atoms with van der Waals surface area (Å²) in [7, 11) is 1.54. The van der Waals surface area contributed by atoms with Crippen LogP contribution in [-0.2, 0) is 22.7 Å². The summed E-state index contributed by atoms with van der Waals surface area (Å²) in [5, 5.41) is 3.46. The first-order valence-electron chi connectivity index (χ1n) is 10.2. The average Bonchev–Trinajstić information content (AvgIpc) is 3.27. The van der Waals surface area contributed by atoms with Gasteiger partial charge in [0.1, 0.15) is 18.3 Å². The predicted octanol–water partition coefficient (Wildman–Crippen LogP) is 2.61. The summed E-state index contributed by atoms with van der Waals surface area (Å²) in [5.41, 5.74) is 1.95. The van der Waals surface area contributed by atoms with E-state index in [0.717, 1.165) is 12.0 Å². The molecule has 2 aromatic carbocycles. The van der Waals surface area contributed by atoms with Crippen molar-refractivity contribution >= 4 is 29.3 Å². The maximum Gasteiger partial charge on any atom is 0.251 e. The van der Waals surface area contributed by atoms with Crippen molar-refractivity contribution in [3.63, 3.8) is 0 Å². The molecule has 1 atom stereocenters. The maximum absolute atomic E-state index is 12.9. The first kappa shape index (κ1) is 21.2. The van der Waals surface area contributed by atoms with Gasteiger partial charge in [-0.3, -0.25) is 14.4 Å². The number of methoxy groups -OCH3 is 1. The monoisotopic (exact) mass is 441 g/mol. The topological polar surface area (TPSA) is 79.0 Å². The van der Waals surface area contributed by atoms with Gasteiger partial charge in [-0.15, -0.1) is 0 Å². The highest BCUT2D eigenvalue weighted by molar-refractivity contribution is 6.31. The Morgan fingerprint density at radius 1 is 1.19 bits per heavy atom. The normalized spacial score (nSPS) is 18.2. The number of fused-ring (bicyclic) bond motifs is 1. The molecule has 1 N–H and O–H groups in total. The van der Waals surface area contributed by atoms with Crippen molar-refractivity contribution in [1.29, 1.82) is 0 Å². The fourth-order valence-electron chi connectivity index (χ4n) is 4.17. The van der Waals surface area contributed by atoms with E-state index in [0.29, 0.717) is 41.4 Å². The Labute approximate surface area is 185 Å². The Bertz CT molecular complexity index is 1030. The molecular weight excluding hydrogens is 418 g/mol. The quantitative estimate of drug-likeness (QED) is 0.747. The van der Waals surface area contributed by atoms with Crippen molar-refractivity contribution < 1.29 is 19.1 Å². The van der Waals surface area contributed by atoms with Crippen LogP contribution in [0.2, 0.25) is 5.02 Å². The lowest BCUT2D eigenvalue weighted by molar-refractivity contribution is -0.154. The largest absolute Gasteiger partial charge is 0.496 e. The fraction of sp³-hybridized carbons (Fsp3) is 0.348. The second kappa shape index (κ2) is 8.98. The Kier molecular flexibility index (Phi) is 6.13. The Balaban J connectivity index is 1.49. The van der Waals surface area contributed by atoms with Crippen molar-refractivity contribution in [2.24, 2.45) is 0 Å². The molecule has 0 radical (unpaired) electrons. The van der Waals surface area contributed by atoms with Gasteiger partial charge in [-0.1, -0.05) is 29.8 Å². The van der Waals surface area contributed by atoms with Gasteiger partial charge in [0.05, 0.1) is 7.11 Å². The summed E-state index contributed by atoms with van der Waals surface area (Å²) >= 11 is 6.15. The number of benzene rings is 2. The van der Waals surface area contributed by atoms with Crippen LogP contribution in [0.4, 0.5) is 0 Å². The third-order valence-electron chi connectivity index (χ3n) is 5.80. The van der Waals surface area contributed by atoms with E-state index < -0.39 is 0 Å². The summed E-state index contributed by atoms with van der Waals surface area (Å²) in [4.78, 5) is 41.2. The van der Waals surface area contributed by atoms with Crippen LogP contribution in [0.1, 0.15) is 34.3 Å². The van der Waals surface area contributed by atoms with Gasteiger partial charge in [-0.05, 0) is 42.7 Å². The summed E-state index contributed by atoms with van der Waals surface area (Å²) in [6.07, 6.45) is 1.54. The van der Waals surface area contributed by atoms with Gasteiger partial charge in [0.15, 0.2) is 0 Å². The van der Waals surface area contributed by atoms with Crippen molar-refractivity contribution in [2.45, 2.75) is 32.0 Å². The average molecular weight is 442 g/mol. The minimum absolute atomic E-state index is 0.0327. The number of amides is 3. The molecule has 4 rings (SSSR count). The zero-order valence-corrected chi connectivity index (χ0v) is 18.0. The van der Waals surface area contributed by atoms with Crippen LogP contribution < -0.4 is 10.1 Å². The first-order valence-corrected chi connectivity index (χ1v) is 10.6. The van der Waals surface area contributed by atoms with Crippen LogP contribution in [0.3, 0.4) is 0 Å². The molecule has 3 amide bonds. The van der Waals surface area contributed by atoms with E-state index in [1.165, 1.54) is 7.11 Å². The summed E-state index contributed by atoms with van der Waals surface area (Å²) in [6.45, 7) is 1.20. The molecule has 0 bridgehead atoms. The molecule has 2 fully saturated rings. The van der Waals surface area contributed by atoms with Crippen LogP contribution in [0, 0.1) is 0 Å². The number of carbonyl (C=O) groups is 3. The lowest BCUT2D eigenvalue weighted by Crippen LogP contribution is -2.56. The van der Waals surface area contributed by atoms with Crippen LogP contribution in [-0.4, -0.2) is 53.8 Å². The fourth-order valence-corrected chi connectivity index (χ4v) is 4.37. The minimum Gasteiger partial charge on any atom is -0.496 e. The van der Waals surface area contributed by atoms with Gasteiger partial charge in [0.25, 0.3) is 5.91 Å². The molecule has 0 aliphatic carbocycles. The highest BCUT2D eigenvalue weighted by Crippen LogP contribution is 2.27. The molecule has 31 heavy (non-hydrogen) atoms. The molecule has 2 heterocycles. The number of ether oxygens (including phenoxy) is 1. The van der Waals surface area contributed by atoms with Crippen molar-refractivity contribution in [3.8, 4) is 5.75 Å². The molecule has 0 saturated carbocycles. The molecule has 2 saturated heterocycles. The molecule has 0 spiro atoms. The van der Waals surface area contributed by atoms with Gasteiger partial charge < -0.3 is 19.9 Å². The zero-order chi connectivity index (χ0) is 22.0. The van der Waals surface area contributed by atoms with E-state index in [-0.39, 0.29) is 36.9 Å². The van der Waals surface area contributed by atoms with Gasteiger partial charge in [-0.25, -0.2) is 0 Å². The van der Waals surface area contributed by atoms with E-state index in [4.69, 9.17) is 16.3 Å². The Morgan fingerprint density at radius 2 is 2.00 bits per heavy atom. The standard InChI is InChI=1S/C23H24ClN3O4/c1-31-20-9-8-15(22(29)25-12-16-5-2-3-6-18(16)24)11-17(20)13-26-14-21(28)27-10-4-7-19(27)23(26)30/h2-3,5-6,8-9,11,19H,4,7,10,12-14H2,1H3,(H,25,29)/t19-/m1/s1. The summed E-state index contributed by atoms with van der Waals surface area (Å²) in [5.74, 6) is 0.228. The highest BCUT2D eigenvalue weighted by Gasteiger charge is 2.41. The molecule has 0 aromatic heterocycles. The lowest BCUT2D eigenvalue weighted by atomic mass is 10.1. The Hall–Kier alpha value is -3.06. The number of rotatable bonds is 6. The second-order valence-corrected chi connectivity index (χ2v) is 8.15. The van der Waals surface area contributed by atoms with E-state index in [1.807, 2.05) is 18.2 Å². The van der Waals surface area contributed by atoms with E-state index in [2.05, 4.69) is 5.32 Å². The molecule has 2 aromatic rings. The molecule has 2 aliphatic rings. The van der Waals surface area contributed by atoms with Gasteiger partial charge in [0.2, 0.25) is 11.8 Å². The summed E-state index contributed by atoms with van der Waals surface area (Å²) < 4.78 is 5.43. The number of hydrogen-bond acceptors (Lipinski definition) is 4. The number of halogens is 1. The van der Waals surface area contributed by atoms with Crippen LogP contribution >= 0.6 is 11.6 Å². The predicted molar refractivity (Wildman–Crippen MR) is 116 cm³/mol. The van der Waals surface area contributed by atoms with Crippen LogP contribution in [0.5, 0.6) is 5.75 Å². The molecular formula is C23H24ClN3O4. The lowest BCUT2D eigenvalue weighted by Gasteiger charge is -2.36. The van der Waals surface area contributed by atoms with Gasteiger partial charge >= 0.3 is 0 Å². The number of carbonyl (C=O) groups excluding carboxylic acids is 3. The number of nitrogens with zero attached hydrogens (tertiary/aromatic N) is 2. The molecule has 7 nitrogen and oxygen atoms in total. The molecule has 2 aliphatic heterocycles. The highest BCUT2D eigenvalue weighted by atomic mass is 35.5. The molecule has 8 heteroatoms. The van der Waals surface area contributed by atoms with Gasteiger partial charge in [-0.2, -0.15) is 0 Å². The third kappa shape index (κ3) is 4.37. The number of piperazine rings is 1. The minimum atomic E-state index is -0.366. The third-order valence-corrected chi connectivity index (χ3v) is 6.17. The van der Waals surface area contributed by atoms with E-state index in [9.17, 15) is 14.4 Å². The van der Waals surface area contributed by atoms with Crippen molar-refractivity contribution in [2.75, 3.05) is 20.2 Å².